The summed E-state index contributed by atoms with van der Waals surface area (Å²) in [5.74, 6) is 0.781. The summed E-state index contributed by atoms with van der Waals surface area (Å²) in [5, 5.41) is 5.06. The summed E-state index contributed by atoms with van der Waals surface area (Å²) in [6, 6.07) is 22.2. The summed E-state index contributed by atoms with van der Waals surface area (Å²) >= 11 is 7.18. The lowest BCUT2D eigenvalue weighted by atomic mass is 10.1. The summed E-state index contributed by atoms with van der Waals surface area (Å²) < 4.78 is 6.98. The minimum absolute atomic E-state index is 0.229. The number of para-hydroxylation sites is 2. The van der Waals surface area contributed by atoms with Crippen molar-refractivity contribution in [1.82, 2.24) is 14.6 Å². The average molecular weight is 501 g/mol. The zero-order valence-electron chi connectivity index (χ0n) is 18.4. The van der Waals surface area contributed by atoms with Gasteiger partial charge in [-0.3, -0.25) is 9.59 Å². The number of amides is 1. The molecule has 1 amide bonds. The van der Waals surface area contributed by atoms with Gasteiger partial charge in [-0.05, 0) is 35.9 Å². The predicted octanol–water partition coefficient (Wildman–Crippen LogP) is 3.94. The molecule has 35 heavy (non-hydrogen) atoms. The first-order valence-corrected chi connectivity index (χ1v) is 12.0. The van der Waals surface area contributed by atoms with E-state index in [0.29, 0.717) is 43.8 Å². The van der Waals surface area contributed by atoms with Gasteiger partial charge in [0, 0.05) is 10.6 Å². The van der Waals surface area contributed by atoms with E-state index in [1.807, 2.05) is 60.7 Å². The Bertz CT molecular complexity index is 1730. The first-order chi connectivity index (χ1) is 17.0. The van der Waals surface area contributed by atoms with Gasteiger partial charge in [0.15, 0.2) is 5.82 Å². The van der Waals surface area contributed by atoms with Crippen LogP contribution in [0.25, 0.3) is 21.9 Å². The third kappa shape index (κ3) is 3.50. The van der Waals surface area contributed by atoms with Gasteiger partial charge < -0.3 is 9.64 Å². The van der Waals surface area contributed by atoms with Crippen molar-refractivity contribution in [3.63, 3.8) is 0 Å². The third-order valence-electron chi connectivity index (χ3n) is 5.91. The van der Waals surface area contributed by atoms with Crippen molar-refractivity contribution in [1.29, 1.82) is 0 Å². The number of ether oxygens (including phenoxy) is 1. The standard InChI is InChI=1S/C26H17ClN4O3S/c1-34-20-9-5-3-7-18(20)23-28-26-31(29-23)25(33)22(35-26)21-17-6-2-4-8-19(17)30(24(21)32)14-15-10-12-16(27)13-11-15/h2-13H,14H2,1H3/b22-21-. The molecule has 172 valence electrons. The van der Waals surface area contributed by atoms with Crippen molar-refractivity contribution in [2.24, 2.45) is 0 Å². The molecule has 0 saturated heterocycles. The molecular weight excluding hydrogens is 484 g/mol. The molecule has 0 radical (unpaired) electrons. The molecule has 1 aliphatic heterocycles. The van der Waals surface area contributed by atoms with Crippen LogP contribution < -0.4 is 19.7 Å². The van der Waals surface area contributed by atoms with Crippen molar-refractivity contribution in [2.75, 3.05) is 12.0 Å². The van der Waals surface area contributed by atoms with Crippen molar-refractivity contribution in [3.8, 4) is 17.1 Å². The van der Waals surface area contributed by atoms with Gasteiger partial charge in [-0.1, -0.05) is 65.4 Å². The van der Waals surface area contributed by atoms with E-state index in [1.165, 1.54) is 4.52 Å². The summed E-state index contributed by atoms with van der Waals surface area (Å²) in [5.41, 5.74) is 3.11. The number of hydrogen-bond donors (Lipinski definition) is 0. The van der Waals surface area contributed by atoms with Gasteiger partial charge in [0.05, 0.1) is 30.5 Å². The van der Waals surface area contributed by atoms with Gasteiger partial charge >= 0.3 is 0 Å². The van der Waals surface area contributed by atoms with E-state index in [0.717, 1.165) is 28.2 Å². The zero-order chi connectivity index (χ0) is 24.1. The van der Waals surface area contributed by atoms with Crippen LogP contribution in [0.4, 0.5) is 5.69 Å². The maximum absolute atomic E-state index is 13.6. The van der Waals surface area contributed by atoms with Gasteiger partial charge in [0.1, 0.15) is 10.3 Å². The Balaban J connectivity index is 1.49. The van der Waals surface area contributed by atoms with Gasteiger partial charge in [0.2, 0.25) is 4.96 Å². The fourth-order valence-electron chi connectivity index (χ4n) is 4.26. The third-order valence-corrected chi connectivity index (χ3v) is 7.19. The smallest absolute Gasteiger partial charge is 0.291 e. The fraction of sp³-hybridized carbons (Fsp3) is 0.0769. The Labute approximate surface area is 208 Å². The number of carbonyl (C=O) groups excluding carboxylic acids is 1. The molecule has 0 unspecified atom stereocenters. The van der Waals surface area contributed by atoms with Crippen LogP contribution in [0, 0.1) is 0 Å². The van der Waals surface area contributed by atoms with Crippen molar-refractivity contribution in [2.45, 2.75) is 6.54 Å². The normalized spacial score (nSPS) is 14.6. The van der Waals surface area contributed by atoms with Crippen molar-refractivity contribution < 1.29 is 9.53 Å². The molecule has 0 bridgehead atoms. The predicted molar refractivity (Wildman–Crippen MR) is 136 cm³/mol. The number of benzene rings is 3. The molecular formula is C26H17ClN4O3S. The molecule has 9 heteroatoms. The highest BCUT2D eigenvalue weighted by Gasteiger charge is 2.34. The van der Waals surface area contributed by atoms with Crippen LogP contribution in [-0.2, 0) is 11.3 Å². The molecule has 1 aliphatic rings. The molecule has 7 nitrogen and oxygen atoms in total. The second kappa shape index (κ2) is 8.33. The molecule has 0 fully saturated rings. The van der Waals surface area contributed by atoms with Crippen molar-refractivity contribution in [3.05, 3.63) is 104 Å². The van der Waals surface area contributed by atoms with Crippen LogP contribution in [0.5, 0.6) is 5.75 Å². The first kappa shape index (κ1) is 21.5. The highest BCUT2D eigenvalue weighted by atomic mass is 35.5. The van der Waals surface area contributed by atoms with Crippen LogP contribution in [0.3, 0.4) is 0 Å². The number of anilines is 1. The Kier molecular flexibility index (Phi) is 5.12. The van der Waals surface area contributed by atoms with Gasteiger partial charge in [0.25, 0.3) is 11.5 Å². The number of rotatable bonds is 4. The van der Waals surface area contributed by atoms with E-state index in [1.54, 1.807) is 24.1 Å². The summed E-state index contributed by atoms with van der Waals surface area (Å²) in [6.07, 6.45) is 0. The number of aromatic nitrogens is 3. The van der Waals surface area contributed by atoms with E-state index < -0.39 is 0 Å². The van der Waals surface area contributed by atoms with Crippen LogP contribution >= 0.6 is 22.9 Å². The Morgan fingerprint density at radius 3 is 2.40 bits per heavy atom. The molecule has 6 rings (SSSR count). The maximum Gasteiger partial charge on any atom is 0.291 e. The average Bonchev–Trinajstić information content (AvgIpc) is 3.51. The molecule has 2 aromatic heterocycles. The van der Waals surface area contributed by atoms with Crippen molar-refractivity contribution >= 4 is 45.1 Å². The maximum atomic E-state index is 13.6. The lowest BCUT2D eigenvalue weighted by Gasteiger charge is -2.17. The number of thiazole rings is 1. The molecule has 0 aliphatic carbocycles. The molecule has 3 aromatic carbocycles. The molecule has 0 atom stereocenters. The minimum Gasteiger partial charge on any atom is -0.496 e. The minimum atomic E-state index is -0.370. The Morgan fingerprint density at radius 2 is 1.66 bits per heavy atom. The summed E-state index contributed by atoms with van der Waals surface area (Å²) in [6.45, 7) is 0.365. The molecule has 0 saturated carbocycles. The van der Waals surface area contributed by atoms with Gasteiger partial charge in [-0.15, -0.1) is 5.10 Å². The zero-order valence-corrected chi connectivity index (χ0v) is 20.0. The summed E-state index contributed by atoms with van der Waals surface area (Å²) in [7, 11) is 1.57. The topological polar surface area (TPSA) is 76.8 Å². The van der Waals surface area contributed by atoms with Crippen LogP contribution in [-0.4, -0.2) is 27.6 Å². The quantitative estimate of drug-likeness (QED) is 0.373. The second-order valence-corrected chi connectivity index (χ2v) is 9.39. The molecule has 0 N–H and O–H groups in total. The second-order valence-electron chi connectivity index (χ2n) is 7.98. The van der Waals surface area contributed by atoms with Crippen LogP contribution in [0.15, 0.2) is 77.6 Å². The number of methoxy groups -OCH3 is 1. The largest absolute Gasteiger partial charge is 0.496 e. The lowest BCUT2D eigenvalue weighted by Crippen LogP contribution is -2.32. The van der Waals surface area contributed by atoms with E-state index in [2.05, 4.69) is 10.1 Å². The van der Waals surface area contributed by atoms with E-state index in [4.69, 9.17) is 16.3 Å². The highest BCUT2D eigenvalue weighted by Crippen LogP contribution is 2.36. The lowest BCUT2D eigenvalue weighted by molar-refractivity contribution is -0.113. The van der Waals surface area contributed by atoms with E-state index in [-0.39, 0.29) is 11.5 Å². The number of halogens is 1. The molecule has 3 heterocycles. The van der Waals surface area contributed by atoms with Crippen LogP contribution in [0.1, 0.15) is 11.1 Å². The highest BCUT2D eigenvalue weighted by molar-refractivity contribution is 7.15. The summed E-state index contributed by atoms with van der Waals surface area (Å²) in [4.78, 5) is 33.7. The van der Waals surface area contributed by atoms with E-state index >= 15 is 0 Å². The number of carbonyl (C=O) groups is 1. The first-order valence-electron chi connectivity index (χ1n) is 10.8. The monoisotopic (exact) mass is 500 g/mol. The molecule has 0 spiro atoms. The SMILES string of the molecule is COc1ccccc1-c1nc2s/c(=C3\C(=O)N(Cc4ccc(Cl)cc4)c4ccccc43)c(=O)n2n1. The van der Waals surface area contributed by atoms with Gasteiger partial charge in [-0.2, -0.15) is 9.50 Å². The fourth-order valence-corrected chi connectivity index (χ4v) is 5.38. The molecule has 5 aromatic rings. The Hall–Kier alpha value is -4.01. The Morgan fingerprint density at radius 1 is 0.943 bits per heavy atom. The number of fused-ring (bicyclic) bond motifs is 2. The van der Waals surface area contributed by atoms with E-state index in [9.17, 15) is 9.59 Å². The number of nitrogens with zero attached hydrogens (tertiary/aromatic N) is 4. The van der Waals surface area contributed by atoms with Crippen LogP contribution in [0.2, 0.25) is 5.02 Å². The van der Waals surface area contributed by atoms with Gasteiger partial charge in [-0.25, -0.2) is 0 Å². The number of hydrogen-bond acceptors (Lipinski definition) is 6.